The Bertz CT molecular complexity index is 1520. The number of para-hydroxylation sites is 2. The van der Waals surface area contributed by atoms with Gasteiger partial charge in [-0.15, -0.1) is 0 Å². The van der Waals surface area contributed by atoms with Crippen LogP contribution in [0, 0.1) is 0 Å². The second-order valence-corrected chi connectivity index (χ2v) is 8.30. The summed E-state index contributed by atoms with van der Waals surface area (Å²) < 4.78 is 8.60. The molecule has 0 spiro atoms. The van der Waals surface area contributed by atoms with Crippen molar-refractivity contribution < 1.29 is 9.53 Å². The van der Waals surface area contributed by atoms with E-state index in [9.17, 15) is 4.79 Å². The minimum Gasteiger partial charge on any atom is -0.495 e. The monoisotopic (exact) mass is 439 g/mol. The molecule has 0 radical (unpaired) electrons. The lowest BCUT2D eigenvalue weighted by atomic mass is 10.0. The topological polar surface area (TPSA) is 56.5 Å². The molecule has 3 aromatic carbocycles. The highest BCUT2D eigenvalue weighted by Crippen LogP contribution is 2.28. The van der Waals surface area contributed by atoms with Crippen molar-refractivity contribution in [3.63, 3.8) is 0 Å². The molecule has 5 aromatic rings. The molecule has 158 valence electrons. The van der Waals surface area contributed by atoms with Crippen LogP contribution in [-0.4, -0.2) is 22.6 Å². The van der Waals surface area contributed by atoms with Crippen LogP contribution in [0.4, 0.5) is 0 Å². The Kier molecular flexibility index (Phi) is 5.29. The molecule has 6 heteroatoms. The second kappa shape index (κ2) is 8.40. The average molecular weight is 440 g/mol. The average Bonchev–Trinajstić information content (AvgIpc) is 3.20. The number of carbonyl (C=O) groups excluding carboxylic acids is 1. The smallest absolute Gasteiger partial charge is 0.280 e. The Morgan fingerprint density at radius 2 is 1.81 bits per heavy atom. The molecule has 0 saturated carbocycles. The lowest BCUT2D eigenvalue weighted by Gasteiger charge is -2.08. The molecule has 0 fully saturated rings. The highest BCUT2D eigenvalue weighted by Gasteiger charge is 2.15. The fourth-order valence-electron chi connectivity index (χ4n) is 3.90. The van der Waals surface area contributed by atoms with E-state index in [-0.39, 0.29) is 5.91 Å². The molecule has 0 aliphatic heterocycles. The zero-order valence-electron chi connectivity index (χ0n) is 17.8. The number of methoxy groups -OCH3 is 1. The van der Waals surface area contributed by atoms with Gasteiger partial charge in [-0.25, -0.2) is 4.98 Å². The van der Waals surface area contributed by atoms with Crippen molar-refractivity contribution in [2.45, 2.75) is 13.5 Å². The molecule has 2 aromatic heterocycles. The molecule has 0 unspecified atom stereocenters. The Hall–Kier alpha value is -3.77. The SMILES string of the molecule is CCn1c(=NC(=O)c2cc(-c3ccccc3)nc3ccccc23)sc2cccc(OC)c21. The number of hydrogen-bond donors (Lipinski definition) is 0. The minimum absolute atomic E-state index is 0.284. The summed E-state index contributed by atoms with van der Waals surface area (Å²) in [7, 11) is 1.66. The molecule has 5 nitrogen and oxygen atoms in total. The predicted molar refractivity (Wildman–Crippen MR) is 129 cm³/mol. The number of fused-ring (bicyclic) bond motifs is 2. The van der Waals surface area contributed by atoms with E-state index in [1.165, 1.54) is 11.3 Å². The largest absolute Gasteiger partial charge is 0.495 e. The molecule has 32 heavy (non-hydrogen) atoms. The van der Waals surface area contributed by atoms with Gasteiger partial charge in [0.15, 0.2) is 4.80 Å². The van der Waals surface area contributed by atoms with Crippen molar-refractivity contribution in [2.24, 2.45) is 4.99 Å². The van der Waals surface area contributed by atoms with E-state index >= 15 is 0 Å². The fraction of sp³-hybridized carbons (Fsp3) is 0.115. The third-order valence-corrected chi connectivity index (χ3v) is 6.46. The normalized spacial score (nSPS) is 11.9. The van der Waals surface area contributed by atoms with Gasteiger partial charge in [-0.1, -0.05) is 65.9 Å². The van der Waals surface area contributed by atoms with Crippen molar-refractivity contribution in [1.82, 2.24) is 9.55 Å². The molecule has 0 N–H and O–H groups in total. The summed E-state index contributed by atoms with van der Waals surface area (Å²) in [5, 5.41) is 0.794. The maximum absolute atomic E-state index is 13.5. The molecule has 5 rings (SSSR count). The van der Waals surface area contributed by atoms with E-state index in [0.717, 1.165) is 38.1 Å². The van der Waals surface area contributed by atoms with Crippen molar-refractivity contribution in [2.75, 3.05) is 7.11 Å². The van der Waals surface area contributed by atoms with E-state index in [1.807, 2.05) is 90.4 Å². The number of amides is 1. The zero-order chi connectivity index (χ0) is 22.1. The first kappa shape index (κ1) is 20.2. The number of carbonyl (C=O) groups is 1. The first-order valence-electron chi connectivity index (χ1n) is 10.4. The highest BCUT2D eigenvalue weighted by atomic mass is 32.1. The van der Waals surface area contributed by atoms with E-state index < -0.39 is 0 Å². The molecular formula is C26H21N3O2S. The maximum atomic E-state index is 13.5. The summed E-state index contributed by atoms with van der Waals surface area (Å²) in [5.41, 5.74) is 3.99. The van der Waals surface area contributed by atoms with Crippen molar-refractivity contribution in [3.05, 3.63) is 89.2 Å². The number of thiazole rings is 1. The van der Waals surface area contributed by atoms with Gasteiger partial charge in [0.1, 0.15) is 11.3 Å². The quantitative estimate of drug-likeness (QED) is 0.362. The first-order chi connectivity index (χ1) is 15.7. The number of aryl methyl sites for hydroxylation is 1. The highest BCUT2D eigenvalue weighted by molar-refractivity contribution is 7.16. The zero-order valence-corrected chi connectivity index (χ0v) is 18.6. The minimum atomic E-state index is -0.284. The van der Waals surface area contributed by atoms with Crippen molar-refractivity contribution in [3.8, 4) is 17.0 Å². The van der Waals surface area contributed by atoms with Crippen LogP contribution in [0.3, 0.4) is 0 Å². The van der Waals surface area contributed by atoms with Crippen LogP contribution < -0.4 is 9.54 Å². The number of hydrogen-bond acceptors (Lipinski definition) is 4. The van der Waals surface area contributed by atoms with E-state index in [0.29, 0.717) is 16.9 Å². The predicted octanol–water partition coefficient (Wildman–Crippen LogP) is 5.69. The summed E-state index contributed by atoms with van der Waals surface area (Å²) in [6.45, 7) is 2.72. The van der Waals surface area contributed by atoms with E-state index in [2.05, 4.69) is 4.99 Å². The van der Waals surface area contributed by atoms with Crippen LogP contribution in [0.25, 0.3) is 32.4 Å². The van der Waals surface area contributed by atoms with E-state index in [4.69, 9.17) is 9.72 Å². The van der Waals surface area contributed by atoms with Gasteiger partial charge in [0.2, 0.25) is 0 Å². The number of rotatable bonds is 4. The molecular weight excluding hydrogens is 418 g/mol. The maximum Gasteiger partial charge on any atom is 0.280 e. The van der Waals surface area contributed by atoms with Crippen LogP contribution in [0.15, 0.2) is 83.9 Å². The Labute approximate surface area is 189 Å². The molecule has 0 atom stereocenters. The standard InChI is InChI=1S/C26H21N3O2S/c1-3-29-24-22(31-2)14-9-15-23(24)32-26(29)28-25(30)19-16-21(17-10-5-4-6-11-17)27-20-13-8-7-12-18(19)20/h4-16H,3H2,1-2H3. The number of benzene rings is 3. The van der Waals surface area contributed by atoms with Gasteiger partial charge >= 0.3 is 0 Å². The number of nitrogens with zero attached hydrogens (tertiary/aromatic N) is 3. The van der Waals surface area contributed by atoms with Gasteiger partial charge in [0.05, 0.1) is 28.6 Å². The van der Waals surface area contributed by atoms with Crippen LogP contribution in [0.1, 0.15) is 17.3 Å². The van der Waals surface area contributed by atoms with Crippen LogP contribution in [0.5, 0.6) is 5.75 Å². The summed E-state index contributed by atoms with van der Waals surface area (Å²) in [5.74, 6) is 0.490. The number of aromatic nitrogens is 2. The number of ether oxygens (including phenoxy) is 1. The third-order valence-electron chi connectivity index (χ3n) is 5.41. The van der Waals surface area contributed by atoms with Crippen LogP contribution in [-0.2, 0) is 6.54 Å². The second-order valence-electron chi connectivity index (χ2n) is 7.29. The molecule has 2 heterocycles. The van der Waals surface area contributed by atoms with Gasteiger partial charge < -0.3 is 9.30 Å². The first-order valence-corrected chi connectivity index (χ1v) is 11.2. The summed E-state index contributed by atoms with van der Waals surface area (Å²) >= 11 is 1.49. The summed E-state index contributed by atoms with van der Waals surface area (Å²) in [4.78, 5) is 23.5. The van der Waals surface area contributed by atoms with Gasteiger partial charge in [-0.05, 0) is 31.2 Å². The Balaban J connectivity index is 1.72. The summed E-state index contributed by atoms with van der Waals surface area (Å²) in [6, 6.07) is 25.3. The summed E-state index contributed by atoms with van der Waals surface area (Å²) in [6.07, 6.45) is 0. The van der Waals surface area contributed by atoms with Crippen LogP contribution in [0.2, 0.25) is 0 Å². The van der Waals surface area contributed by atoms with Crippen LogP contribution >= 0.6 is 11.3 Å². The lowest BCUT2D eigenvalue weighted by molar-refractivity contribution is 0.0999. The number of pyridine rings is 1. The Morgan fingerprint density at radius 1 is 1.03 bits per heavy atom. The third kappa shape index (κ3) is 3.48. The van der Waals surface area contributed by atoms with Gasteiger partial charge in [0.25, 0.3) is 5.91 Å². The molecule has 0 saturated heterocycles. The molecule has 0 aliphatic carbocycles. The molecule has 0 bridgehead atoms. The van der Waals surface area contributed by atoms with Gasteiger partial charge in [-0.2, -0.15) is 4.99 Å². The van der Waals surface area contributed by atoms with E-state index in [1.54, 1.807) is 7.11 Å². The fourth-order valence-corrected chi connectivity index (χ4v) is 5.01. The molecule has 1 amide bonds. The van der Waals surface area contributed by atoms with Gasteiger partial charge in [0, 0.05) is 17.5 Å². The van der Waals surface area contributed by atoms with Crippen molar-refractivity contribution >= 4 is 38.4 Å². The molecule has 0 aliphatic rings. The Morgan fingerprint density at radius 3 is 2.59 bits per heavy atom. The lowest BCUT2D eigenvalue weighted by Crippen LogP contribution is -2.16. The van der Waals surface area contributed by atoms with Gasteiger partial charge in [-0.3, -0.25) is 4.79 Å². The van der Waals surface area contributed by atoms with Crippen molar-refractivity contribution in [1.29, 1.82) is 0 Å².